The average molecular weight is 462 g/mol. The van der Waals surface area contributed by atoms with E-state index in [-0.39, 0.29) is 30.1 Å². The second-order valence-electron chi connectivity index (χ2n) is 7.64. The average Bonchev–Trinajstić information content (AvgIpc) is 2.83. The zero-order valence-corrected chi connectivity index (χ0v) is 18.9. The van der Waals surface area contributed by atoms with Crippen LogP contribution in [-0.2, 0) is 10.0 Å². The number of rotatable bonds is 5. The molecule has 1 saturated heterocycles. The van der Waals surface area contributed by atoms with Gasteiger partial charge in [-0.2, -0.15) is 4.31 Å². The van der Waals surface area contributed by atoms with Gasteiger partial charge in [0.15, 0.2) is 11.5 Å². The number of urea groups is 1. The van der Waals surface area contributed by atoms with Crippen molar-refractivity contribution in [2.75, 3.05) is 46.5 Å². The number of ether oxygens (including phenoxy) is 3. The molecule has 172 valence electrons. The molecule has 0 spiro atoms. The molecule has 32 heavy (non-hydrogen) atoms. The van der Waals surface area contributed by atoms with Crippen LogP contribution in [0.1, 0.15) is 18.5 Å². The number of benzene rings is 2. The van der Waals surface area contributed by atoms with Gasteiger partial charge in [-0.25, -0.2) is 13.2 Å². The molecule has 2 aliphatic rings. The number of piperazine rings is 1. The third kappa shape index (κ3) is 4.61. The monoisotopic (exact) mass is 461 g/mol. The van der Waals surface area contributed by atoms with Crippen LogP contribution in [0, 0.1) is 0 Å². The molecule has 2 aromatic rings. The van der Waals surface area contributed by atoms with Crippen molar-refractivity contribution in [2.24, 2.45) is 0 Å². The molecule has 0 unspecified atom stereocenters. The van der Waals surface area contributed by atoms with E-state index in [0.717, 1.165) is 5.56 Å². The van der Waals surface area contributed by atoms with Crippen LogP contribution in [0.4, 0.5) is 4.79 Å². The molecule has 1 fully saturated rings. The van der Waals surface area contributed by atoms with Crippen LogP contribution in [0.3, 0.4) is 0 Å². The number of fused-ring (bicyclic) bond motifs is 1. The molecule has 2 amide bonds. The maximum Gasteiger partial charge on any atom is 0.317 e. The number of nitrogens with one attached hydrogen (secondary N) is 1. The lowest BCUT2D eigenvalue weighted by atomic mass is 10.1. The minimum Gasteiger partial charge on any atom is -0.497 e. The van der Waals surface area contributed by atoms with Crippen LogP contribution in [0.5, 0.6) is 17.2 Å². The van der Waals surface area contributed by atoms with Crippen molar-refractivity contribution in [3.8, 4) is 17.2 Å². The van der Waals surface area contributed by atoms with Gasteiger partial charge in [0, 0.05) is 26.2 Å². The third-order valence-electron chi connectivity index (χ3n) is 5.63. The highest BCUT2D eigenvalue weighted by molar-refractivity contribution is 7.89. The van der Waals surface area contributed by atoms with E-state index in [1.807, 2.05) is 25.1 Å². The number of methoxy groups -OCH3 is 1. The van der Waals surface area contributed by atoms with E-state index < -0.39 is 10.0 Å². The van der Waals surface area contributed by atoms with Crippen LogP contribution in [0.2, 0.25) is 0 Å². The summed E-state index contributed by atoms with van der Waals surface area (Å²) in [5.41, 5.74) is 0.906. The van der Waals surface area contributed by atoms with Crippen LogP contribution in [0.15, 0.2) is 47.4 Å². The fourth-order valence-corrected chi connectivity index (χ4v) is 5.14. The Bertz CT molecular complexity index is 1070. The quantitative estimate of drug-likeness (QED) is 0.734. The van der Waals surface area contributed by atoms with Gasteiger partial charge in [0.25, 0.3) is 0 Å². The normalized spacial score (nSPS) is 17.5. The summed E-state index contributed by atoms with van der Waals surface area (Å²) in [7, 11) is -2.09. The predicted octanol–water partition coefficient (Wildman–Crippen LogP) is 2.24. The van der Waals surface area contributed by atoms with Crippen molar-refractivity contribution >= 4 is 16.1 Å². The van der Waals surface area contributed by atoms with Gasteiger partial charge in [-0.05, 0) is 48.9 Å². The molecular formula is C22H27N3O6S. The summed E-state index contributed by atoms with van der Waals surface area (Å²) < 4.78 is 43.4. The fourth-order valence-electron chi connectivity index (χ4n) is 3.72. The highest BCUT2D eigenvalue weighted by atomic mass is 32.2. The van der Waals surface area contributed by atoms with Gasteiger partial charge < -0.3 is 24.4 Å². The molecular weight excluding hydrogens is 434 g/mol. The molecule has 0 aliphatic carbocycles. The van der Waals surface area contributed by atoms with E-state index in [9.17, 15) is 13.2 Å². The number of carbonyl (C=O) groups is 1. The Morgan fingerprint density at radius 3 is 2.31 bits per heavy atom. The maximum absolute atomic E-state index is 12.9. The molecule has 10 heteroatoms. The van der Waals surface area contributed by atoms with E-state index in [0.29, 0.717) is 43.6 Å². The van der Waals surface area contributed by atoms with Crippen molar-refractivity contribution in [1.82, 2.24) is 14.5 Å². The van der Waals surface area contributed by atoms with E-state index in [1.54, 1.807) is 17.0 Å². The largest absolute Gasteiger partial charge is 0.497 e. The smallest absolute Gasteiger partial charge is 0.317 e. The van der Waals surface area contributed by atoms with Crippen molar-refractivity contribution in [3.63, 3.8) is 0 Å². The summed E-state index contributed by atoms with van der Waals surface area (Å²) in [5.74, 6) is 1.97. The summed E-state index contributed by atoms with van der Waals surface area (Å²) in [6.07, 6.45) is 0. The van der Waals surface area contributed by atoms with Crippen LogP contribution >= 0.6 is 0 Å². The number of sulfonamides is 1. The number of carbonyl (C=O) groups excluding carboxylic acids is 1. The Kier molecular flexibility index (Phi) is 6.43. The van der Waals surface area contributed by atoms with E-state index in [2.05, 4.69) is 5.32 Å². The molecule has 2 aromatic carbocycles. The zero-order valence-electron chi connectivity index (χ0n) is 18.1. The standard InChI is InChI=1S/C22H27N3O6S/c1-16(17-3-8-20-21(15-17)31-14-13-30-20)23-22(26)24-9-11-25(12-10-24)32(27,28)19-6-4-18(29-2)5-7-19/h3-8,15-16H,9-14H2,1-2H3,(H,23,26)/t16-/m1/s1. The van der Waals surface area contributed by atoms with Gasteiger partial charge in [-0.3, -0.25) is 0 Å². The first-order valence-electron chi connectivity index (χ1n) is 10.5. The molecule has 2 heterocycles. The highest BCUT2D eigenvalue weighted by Gasteiger charge is 2.30. The van der Waals surface area contributed by atoms with Crippen LogP contribution < -0.4 is 19.5 Å². The summed E-state index contributed by atoms with van der Waals surface area (Å²) in [6.45, 7) is 4.03. The topological polar surface area (TPSA) is 97.4 Å². The molecule has 4 rings (SSSR count). The zero-order chi connectivity index (χ0) is 22.7. The van der Waals surface area contributed by atoms with Crippen molar-refractivity contribution in [3.05, 3.63) is 48.0 Å². The summed E-state index contributed by atoms with van der Waals surface area (Å²) >= 11 is 0. The van der Waals surface area contributed by atoms with Gasteiger partial charge in [0.2, 0.25) is 10.0 Å². The SMILES string of the molecule is COc1ccc(S(=O)(=O)N2CCN(C(=O)N[C@H](C)c3ccc4c(c3)OCCO4)CC2)cc1. The lowest BCUT2D eigenvalue weighted by Crippen LogP contribution is -2.53. The lowest BCUT2D eigenvalue weighted by molar-refractivity contribution is 0.168. The maximum atomic E-state index is 12.9. The molecule has 1 N–H and O–H groups in total. The van der Waals surface area contributed by atoms with Gasteiger partial charge in [0.05, 0.1) is 18.0 Å². The molecule has 9 nitrogen and oxygen atoms in total. The second-order valence-corrected chi connectivity index (χ2v) is 9.58. The minimum absolute atomic E-state index is 0.212. The Labute approximate surface area is 187 Å². The van der Waals surface area contributed by atoms with Crippen molar-refractivity contribution < 1.29 is 27.4 Å². The number of hydrogen-bond donors (Lipinski definition) is 1. The summed E-state index contributed by atoms with van der Waals surface area (Å²) in [5, 5.41) is 2.98. The fraction of sp³-hybridized carbons (Fsp3) is 0.409. The molecule has 0 bridgehead atoms. The lowest BCUT2D eigenvalue weighted by Gasteiger charge is -2.34. The summed E-state index contributed by atoms with van der Waals surface area (Å²) in [4.78, 5) is 14.6. The minimum atomic E-state index is -3.62. The molecule has 1 atom stereocenters. The second kappa shape index (κ2) is 9.25. The van der Waals surface area contributed by atoms with Gasteiger partial charge >= 0.3 is 6.03 Å². The van der Waals surface area contributed by atoms with Gasteiger partial charge in [-0.1, -0.05) is 6.07 Å². The van der Waals surface area contributed by atoms with Crippen molar-refractivity contribution in [1.29, 1.82) is 0 Å². The van der Waals surface area contributed by atoms with E-state index >= 15 is 0 Å². The van der Waals surface area contributed by atoms with Gasteiger partial charge in [0.1, 0.15) is 19.0 Å². The molecule has 0 saturated carbocycles. The number of nitrogens with zero attached hydrogens (tertiary/aromatic N) is 2. The first kappa shape index (κ1) is 22.2. The first-order valence-corrected chi connectivity index (χ1v) is 11.9. The molecule has 0 aromatic heterocycles. The number of hydrogen-bond acceptors (Lipinski definition) is 6. The van der Waals surface area contributed by atoms with Crippen LogP contribution in [-0.4, -0.2) is 70.2 Å². The third-order valence-corrected chi connectivity index (χ3v) is 7.54. The van der Waals surface area contributed by atoms with E-state index in [1.165, 1.54) is 23.5 Å². The van der Waals surface area contributed by atoms with Crippen LogP contribution in [0.25, 0.3) is 0 Å². The Morgan fingerprint density at radius 1 is 1.00 bits per heavy atom. The van der Waals surface area contributed by atoms with Crippen molar-refractivity contribution in [2.45, 2.75) is 17.9 Å². The molecule has 0 radical (unpaired) electrons. The van der Waals surface area contributed by atoms with Gasteiger partial charge in [-0.15, -0.1) is 0 Å². The predicted molar refractivity (Wildman–Crippen MR) is 118 cm³/mol. The Morgan fingerprint density at radius 2 is 1.66 bits per heavy atom. The Balaban J connectivity index is 1.34. The summed E-state index contributed by atoms with van der Waals surface area (Å²) in [6, 6.07) is 11.5. The first-order chi connectivity index (χ1) is 15.4. The Hall–Kier alpha value is -2.98. The number of amides is 2. The highest BCUT2D eigenvalue weighted by Crippen LogP contribution is 2.32. The van der Waals surface area contributed by atoms with E-state index in [4.69, 9.17) is 14.2 Å². The molecule has 2 aliphatic heterocycles.